The molecule has 3 aromatic rings. The minimum Gasteiger partial charge on any atom is -0.444 e. The Bertz CT molecular complexity index is 1040. The van der Waals surface area contributed by atoms with Crippen molar-refractivity contribution in [2.24, 2.45) is 0 Å². The summed E-state index contributed by atoms with van der Waals surface area (Å²) < 4.78 is 7.07. The summed E-state index contributed by atoms with van der Waals surface area (Å²) in [5.41, 5.74) is 3.89. The highest BCUT2D eigenvalue weighted by molar-refractivity contribution is 5.76. The first-order valence-electron chi connectivity index (χ1n) is 11.2. The van der Waals surface area contributed by atoms with Gasteiger partial charge in [-0.1, -0.05) is 48.5 Å². The maximum absolute atomic E-state index is 12.3. The Morgan fingerprint density at radius 2 is 1.76 bits per heavy atom. The highest BCUT2D eigenvalue weighted by Crippen LogP contribution is 2.24. The van der Waals surface area contributed by atoms with Crippen LogP contribution < -0.4 is 10.6 Å². The molecule has 0 aliphatic rings. The smallest absolute Gasteiger partial charge is 0.407 e. The normalized spacial score (nSPS) is 11.1. The minimum atomic E-state index is -0.533. The minimum absolute atomic E-state index is 0.0506. The number of rotatable bonds is 9. The van der Waals surface area contributed by atoms with Crippen molar-refractivity contribution in [3.8, 4) is 11.1 Å². The SMILES string of the molecule is CC(C)(C)OC(=O)NCCCC(=O)NCc1ccccc1-c1ccc(Cn2cccn2)cc1. The van der Waals surface area contributed by atoms with Crippen LogP contribution in [-0.4, -0.2) is 33.9 Å². The fourth-order valence-electron chi connectivity index (χ4n) is 3.36. The zero-order valence-corrected chi connectivity index (χ0v) is 19.5. The molecule has 0 saturated carbocycles. The van der Waals surface area contributed by atoms with Crippen LogP contribution in [0.5, 0.6) is 0 Å². The zero-order chi connectivity index (χ0) is 23.7. The van der Waals surface area contributed by atoms with Gasteiger partial charge in [0.05, 0.1) is 6.54 Å². The molecular weight excluding hydrogens is 416 g/mol. The number of carbonyl (C=O) groups is 2. The molecule has 33 heavy (non-hydrogen) atoms. The van der Waals surface area contributed by atoms with Crippen molar-refractivity contribution in [2.45, 2.75) is 52.3 Å². The lowest BCUT2D eigenvalue weighted by Crippen LogP contribution is -2.33. The molecule has 0 saturated heterocycles. The van der Waals surface area contributed by atoms with Crippen LogP contribution in [0.25, 0.3) is 11.1 Å². The summed E-state index contributed by atoms with van der Waals surface area (Å²) in [6.07, 6.45) is 4.13. The summed E-state index contributed by atoms with van der Waals surface area (Å²) in [5, 5.41) is 9.90. The van der Waals surface area contributed by atoms with Gasteiger partial charge in [-0.2, -0.15) is 5.10 Å². The predicted octanol–water partition coefficient (Wildman–Crippen LogP) is 4.52. The van der Waals surface area contributed by atoms with Gasteiger partial charge in [0.15, 0.2) is 0 Å². The van der Waals surface area contributed by atoms with Gasteiger partial charge in [-0.25, -0.2) is 4.79 Å². The fraction of sp³-hybridized carbons (Fsp3) is 0.346. The molecular formula is C26H32N4O3. The van der Waals surface area contributed by atoms with Gasteiger partial charge in [0.2, 0.25) is 5.91 Å². The Morgan fingerprint density at radius 3 is 2.45 bits per heavy atom. The summed E-state index contributed by atoms with van der Waals surface area (Å²) >= 11 is 0. The molecule has 2 N–H and O–H groups in total. The van der Waals surface area contributed by atoms with Crippen LogP contribution in [-0.2, 0) is 22.6 Å². The number of nitrogens with one attached hydrogen (secondary N) is 2. The van der Waals surface area contributed by atoms with E-state index in [2.05, 4.69) is 46.1 Å². The van der Waals surface area contributed by atoms with Gasteiger partial charge in [0.25, 0.3) is 0 Å². The van der Waals surface area contributed by atoms with Gasteiger partial charge >= 0.3 is 6.09 Å². The third-order valence-electron chi connectivity index (χ3n) is 4.91. The van der Waals surface area contributed by atoms with Gasteiger partial charge in [-0.05, 0) is 55.5 Å². The topological polar surface area (TPSA) is 85.2 Å². The molecule has 1 heterocycles. The number of nitrogens with zero attached hydrogens (tertiary/aromatic N) is 2. The highest BCUT2D eigenvalue weighted by Gasteiger charge is 2.15. The van der Waals surface area contributed by atoms with Crippen molar-refractivity contribution >= 4 is 12.0 Å². The number of aromatic nitrogens is 2. The predicted molar refractivity (Wildman–Crippen MR) is 129 cm³/mol. The van der Waals surface area contributed by atoms with Crippen LogP contribution in [0.1, 0.15) is 44.7 Å². The molecule has 0 fully saturated rings. The third kappa shape index (κ3) is 8.11. The fourth-order valence-corrected chi connectivity index (χ4v) is 3.36. The van der Waals surface area contributed by atoms with Crippen LogP contribution in [0.3, 0.4) is 0 Å². The van der Waals surface area contributed by atoms with Crippen molar-refractivity contribution in [3.63, 3.8) is 0 Å². The molecule has 3 rings (SSSR count). The second-order valence-electron chi connectivity index (χ2n) is 8.87. The number of ether oxygens (including phenoxy) is 1. The third-order valence-corrected chi connectivity index (χ3v) is 4.91. The lowest BCUT2D eigenvalue weighted by atomic mass is 9.98. The second kappa shape index (κ2) is 11.3. The van der Waals surface area contributed by atoms with E-state index in [1.54, 1.807) is 6.20 Å². The van der Waals surface area contributed by atoms with Crippen molar-refractivity contribution < 1.29 is 14.3 Å². The van der Waals surface area contributed by atoms with Crippen molar-refractivity contribution in [1.29, 1.82) is 0 Å². The second-order valence-corrected chi connectivity index (χ2v) is 8.87. The lowest BCUT2D eigenvalue weighted by molar-refractivity contribution is -0.121. The largest absolute Gasteiger partial charge is 0.444 e. The summed E-state index contributed by atoms with van der Waals surface area (Å²) in [5.74, 6) is -0.0506. The number of alkyl carbamates (subject to hydrolysis) is 1. The van der Waals surface area contributed by atoms with Crippen LogP contribution in [0.2, 0.25) is 0 Å². The number of hydrogen-bond donors (Lipinski definition) is 2. The summed E-state index contributed by atoms with van der Waals surface area (Å²) in [6, 6.07) is 18.4. The molecule has 1 aromatic heterocycles. The van der Waals surface area contributed by atoms with Gasteiger partial charge in [-0.3, -0.25) is 9.48 Å². The van der Waals surface area contributed by atoms with Gasteiger partial charge in [0, 0.05) is 31.9 Å². The van der Waals surface area contributed by atoms with E-state index in [0.29, 0.717) is 25.9 Å². The Labute approximate surface area is 195 Å². The van der Waals surface area contributed by atoms with E-state index in [9.17, 15) is 9.59 Å². The molecule has 2 amide bonds. The van der Waals surface area contributed by atoms with Crippen molar-refractivity contribution in [1.82, 2.24) is 20.4 Å². The maximum atomic E-state index is 12.3. The number of carbonyl (C=O) groups excluding carboxylic acids is 2. The Morgan fingerprint density at radius 1 is 1.00 bits per heavy atom. The van der Waals surface area contributed by atoms with Gasteiger partial charge in [0.1, 0.15) is 5.60 Å². The van der Waals surface area contributed by atoms with E-state index in [1.165, 1.54) is 5.56 Å². The standard InChI is InChI=1S/C26H32N4O3/c1-26(2,3)33-25(32)27-15-6-10-24(31)28-18-22-8-4-5-9-23(22)21-13-11-20(12-14-21)19-30-17-7-16-29-30/h4-5,7-9,11-14,16-17H,6,10,15,18-19H2,1-3H3,(H,27,32)(H,28,31). The molecule has 174 valence electrons. The first-order chi connectivity index (χ1) is 15.8. The van der Waals surface area contributed by atoms with E-state index >= 15 is 0 Å². The van der Waals surface area contributed by atoms with E-state index < -0.39 is 11.7 Å². The van der Waals surface area contributed by atoms with E-state index in [-0.39, 0.29) is 5.91 Å². The number of amides is 2. The Kier molecular flexibility index (Phi) is 8.24. The van der Waals surface area contributed by atoms with Crippen LogP contribution in [0, 0.1) is 0 Å². The maximum Gasteiger partial charge on any atom is 0.407 e. The molecule has 0 atom stereocenters. The van der Waals surface area contributed by atoms with Crippen LogP contribution in [0.15, 0.2) is 67.0 Å². The molecule has 0 unspecified atom stereocenters. The molecule has 0 aliphatic heterocycles. The summed E-state index contributed by atoms with van der Waals surface area (Å²) in [6.45, 7) is 7.01. The van der Waals surface area contributed by atoms with Crippen molar-refractivity contribution in [3.05, 3.63) is 78.1 Å². The van der Waals surface area contributed by atoms with Crippen LogP contribution in [0.4, 0.5) is 4.79 Å². The van der Waals surface area contributed by atoms with Crippen LogP contribution >= 0.6 is 0 Å². The molecule has 0 bridgehead atoms. The molecule has 0 radical (unpaired) electrons. The van der Waals surface area contributed by atoms with E-state index in [1.807, 2.05) is 55.9 Å². The van der Waals surface area contributed by atoms with E-state index in [4.69, 9.17) is 4.74 Å². The Balaban J connectivity index is 1.48. The van der Waals surface area contributed by atoms with Gasteiger partial charge < -0.3 is 15.4 Å². The first-order valence-corrected chi connectivity index (χ1v) is 11.2. The Hall–Kier alpha value is -3.61. The highest BCUT2D eigenvalue weighted by atomic mass is 16.6. The quantitative estimate of drug-likeness (QED) is 0.471. The molecule has 2 aromatic carbocycles. The van der Waals surface area contributed by atoms with Crippen molar-refractivity contribution in [2.75, 3.05) is 6.54 Å². The summed E-state index contributed by atoms with van der Waals surface area (Å²) in [7, 11) is 0. The molecule has 7 heteroatoms. The first kappa shape index (κ1) is 24.0. The molecule has 0 aliphatic carbocycles. The monoisotopic (exact) mass is 448 g/mol. The molecule has 7 nitrogen and oxygen atoms in total. The molecule has 0 spiro atoms. The van der Waals surface area contributed by atoms with Gasteiger partial charge in [-0.15, -0.1) is 0 Å². The number of benzene rings is 2. The number of hydrogen-bond acceptors (Lipinski definition) is 4. The average Bonchev–Trinajstić information content (AvgIpc) is 3.28. The lowest BCUT2D eigenvalue weighted by Gasteiger charge is -2.19. The zero-order valence-electron chi connectivity index (χ0n) is 19.5. The average molecular weight is 449 g/mol. The van der Waals surface area contributed by atoms with E-state index in [0.717, 1.165) is 23.2 Å². The summed E-state index contributed by atoms with van der Waals surface area (Å²) in [4.78, 5) is 23.9.